The van der Waals surface area contributed by atoms with Gasteiger partial charge in [-0.25, -0.2) is 4.98 Å². The van der Waals surface area contributed by atoms with Crippen molar-refractivity contribution in [2.24, 2.45) is 0 Å². The number of hydrogen-bond acceptors (Lipinski definition) is 4. The Morgan fingerprint density at radius 3 is 2.52 bits per heavy atom. The number of nitrogens with zero attached hydrogens (tertiary/aromatic N) is 3. The highest BCUT2D eigenvalue weighted by molar-refractivity contribution is 5.63. The van der Waals surface area contributed by atoms with E-state index in [1.165, 1.54) is 5.56 Å². The summed E-state index contributed by atoms with van der Waals surface area (Å²) in [6.45, 7) is 7.75. The molecule has 3 rings (SSSR count). The first-order valence-electron chi connectivity index (χ1n) is 7.48. The van der Waals surface area contributed by atoms with E-state index in [2.05, 4.69) is 46.9 Å². The second-order valence-corrected chi connectivity index (χ2v) is 5.67. The van der Waals surface area contributed by atoms with E-state index in [0.29, 0.717) is 5.92 Å². The predicted molar refractivity (Wildman–Crippen MR) is 84.6 cm³/mol. The Bertz CT molecular complexity index is 589. The Balaban J connectivity index is 1.81. The van der Waals surface area contributed by atoms with Gasteiger partial charge in [-0.15, -0.1) is 0 Å². The Hall–Kier alpha value is -1.94. The number of morpholine rings is 1. The van der Waals surface area contributed by atoms with Gasteiger partial charge in [0.25, 0.3) is 0 Å². The first kappa shape index (κ1) is 14.0. The Morgan fingerprint density at radius 2 is 1.86 bits per heavy atom. The highest BCUT2D eigenvalue weighted by Crippen LogP contribution is 2.24. The zero-order chi connectivity index (χ0) is 14.7. The molecular weight excluding hydrogens is 262 g/mol. The molecule has 1 saturated heterocycles. The van der Waals surface area contributed by atoms with Crippen LogP contribution < -0.4 is 4.90 Å². The van der Waals surface area contributed by atoms with E-state index in [9.17, 15) is 0 Å². The molecule has 0 unspecified atom stereocenters. The van der Waals surface area contributed by atoms with Crippen LogP contribution in [0.25, 0.3) is 11.1 Å². The minimum Gasteiger partial charge on any atom is -0.378 e. The molecule has 2 aromatic heterocycles. The standard InChI is InChI=1S/C17H21N3O/c1-13(2)15-9-16(11-18-10-15)14-3-4-17(19-12-14)20-5-7-21-8-6-20/h3-4,9-13H,5-8H2,1-2H3. The van der Waals surface area contributed by atoms with E-state index in [-0.39, 0.29) is 0 Å². The van der Waals surface area contributed by atoms with Crippen molar-refractivity contribution in [1.29, 1.82) is 0 Å². The van der Waals surface area contributed by atoms with Crippen LogP contribution in [-0.2, 0) is 4.74 Å². The van der Waals surface area contributed by atoms with Crippen molar-refractivity contribution in [1.82, 2.24) is 9.97 Å². The van der Waals surface area contributed by atoms with E-state index in [1.54, 1.807) is 0 Å². The summed E-state index contributed by atoms with van der Waals surface area (Å²) in [4.78, 5) is 11.2. The van der Waals surface area contributed by atoms with E-state index in [4.69, 9.17) is 4.74 Å². The molecule has 0 spiro atoms. The van der Waals surface area contributed by atoms with E-state index in [1.807, 2.05) is 18.6 Å². The number of pyridine rings is 2. The van der Waals surface area contributed by atoms with Crippen LogP contribution in [0.5, 0.6) is 0 Å². The van der Waals surface area contributed by atoms with Gasteiger partial charge in [0.1, 0.15) is 5.82 Å². The SMILES string of the molecule is CC(C)c1cncc(-c2ccc(N3CCOCC3)nc2)c1. The Labute approximate surface area is 125 Å². The third-order valence-corrected chi connectivity index (χ3v) is 3.84. The maximum atomic E-state index is 5.37. The molecule has 0 atom stereocenters. The monoisotopic (exact) mass is 283 g/mol. The average molecular weight is 283 g/mol. The maximum absolute atomic E-state index is 5.37. The first-order valence-corrected chi connectivity index (χ1v) is 7.48. The lowest BCUT2D eigenvalue weighted by Crippen LogP contribution is -2.36. The van der Waals surface area contributed by atoms with Gasteiger partial charge in [0.05, 0.1) is 13.2 Å². The zero-order valence-corrected chi connectivity index (χ0v) is 12.6. The molecule has 1 aliphatic heterocycles. The van der Waals surface area contributed by atoms with Gasteiger partial charge in [-0.2, -0.15) is 0 Å². The van der Waals surface area contributed by atoms with E-state index < -0.39 is 0 Å². The molecule has 110 valence electrons. The molecule has 1 aliphatic rings. The van der Waals surface area contributed by atoms with Gasteiger partial charge in [-0.3, -0.25) is 4.98 Å². The van der Waals surface area contributed by atoms with Crippen molar-refractivity contribution in [3.63, 3.8) is 0 Å². The summed E-state index contributed by atoms with van der Waals surface area (Å²) >= 11 is 0. The average Bonchev–Trinajstić information content (AvgIpc) is 2.56. The quantitative estimate of drug-likeness (QED) is 0.867. The molecule has 0 amide bonds. The topological polar surface area (TPSA) is 38.2 Å². The molecule has 3 heterocycles. The predicted octanol–water partition coefficient (Wildman–Crippen LogP) is 3.10. The van der Waals surface area contributed by atoms with Crippen molar-refractivity contribution < 1.29 is 4.74 Å². The van der Waals surface area contributed by atoms with Gasteiger partial charge in [0.15, 0.2) is 0 Å². The summed E-state index contributed by atoms with van der Waals surface area (Å²) < 4.78 is 5.37. The van der Waals surface area contributed by atoms with Crippen LogP contribution in [0.15, 0.2) is 36.8 Å². The van der Waals surface area contributed by atoms with Crippen LogP contribution >= 0.6 is 0 Å². The van der Waals surface area contributed by atoms with Crippen LogP contribution in [0.3, 0.4) is 0 Å². The summed E-state index contributed by atoms with van der Waals surface area (Å²) in [5.41, 5.74) is 3.49. The molecule has 4 heteroatoms. The largest absolute Gasteiger partial charge is 0.378 e. The van der Waals surface area contributed by atoms with Crippen molar-refractivity contribution in [3.8, 4) is 11.1 Å². The lowest BCUT2D eigenvalue weighted by atomic mass is 10.0. The highest BCUT2D eigenvalue weighted by atomic mass is 16.5. The summed E-state index contributed by atoms with van der Waals surface area (Å²) in [6, 6.07) is 6.41. The highest BCUT2D eigenvalue weighted by Gasteiger charge is 2.12. The zero-order valence-electron chi connectivity index (χ0n) is 12.6. The smallest absolute Gasteiger partial charge is 0.128 e. The van der Waals surface area contributed by atoms with Gasteiger partial charge >= 0.3 is 0 Å². The second kappa shape index (κ2) is 6.22. The molecule has 4 nitrogen and oxygen atoms in total. The fourth-order valence-corrected chi connectivity index (χ4v) is 2.47. The van der Waals surface area contributed by atoms with Crippen LogP contribution in [-0.4, -0.2) is 36.3 Å². The molecule has 0 aliphatic carbocycles. The maximum Gasteiger partial charge on any atom is 0.128 e. The number of aromatic nitrogens is 2. The first-order chi connectivity index (χ1) is 10.2. The molecule has 21 heavy (non-hydrogen) atoms. The molecule has 2 aromatic rings. The third kappa shape index (κ3) is 3.22. The van der Waals surface area contributed by atoms with Gasteiger partial charge in [-0.1, -0.05) is 13.8 Å². The van der Waals surface area contributed by atoms with Crippen LogP contribution in [0.4, 0.5) is 5.82 Å². The number of rotatable bonds is 3. The molecule has 0 radical (unpaired) electrons. The molecule has 0 aromatic carbocycles. The van der Waals surface area contributed by atoms with Gasteiger partial charge in [0.2, 0.25) is 0 Å². The van der Waals surface area contributed by atoms with Crippen molar-refractivity contribution in [2.75, 3.05) is 31.2 Å². The third-order valence-electron chi connectivity index (χ3n) is 3.84. The van der Waals surface area contributed by atoms with Gasteiger partial charge in [0, 0.05) is 42.8 Å². The fraction of sp³-hybridized carbons (Fsp3) is 0.412. The second-order valence-electron chi connectivity index (χ2n) is 5.67. The Morgan fingerprint density at radius 1 is 1.05 bits per heavy atom. The minimum atomic E-state index is 0.484. The normalized spacial score (nSPS) is 15.5. The lowest BCUT2D eigenvalue weighted by molar-refractivity contribution is 0.122. The van der Waals surface area contributed by atoms with Crippen molar-refractivity contribution in [3.05, 3.63) is 42.4 Å². The summed E-state index contributed by atoms with van der Waals surface area (Å²) in [5.74, 6) is 1.51. The van der Waals surface area contributed by atoms with E-state index in [0.717, 1.165) is 43.2 Å². The number of hydrogen-bond donors (Lipinski definition) is 0. The van der Waals surface area contributed by atoms with Gasteiger partial charge < -0.3 is 9.64 Å². The van der Waals surface area contributed by atoms with Crippen molar-refractivity contribution >= 4 is 5.82 Å². The van der Waals surface area contributed by atoms with Gasteiger partial charge in [-0.05, 0) is 29.7 Å². The molecule has 0 N–H and O–H groups in total. The molecule has 0 bridgehead atoms. The van der Waals surface area contributed by atoms with E-state index >= 15 is 0 Å². The molecule has 1 fully saturated rings. The summed E-state index contributed by atoms with van der Waals surface area (Å²) in [7, 11) is 0. The van der Waals surface area contributed by atoms with Crippen molar-refractivity contribution in [2.45, 2.75) is 19.8 Å². The molecular formula is C17H21N3O. The summed E-state index contributed by atoms with van der Waals surface area (Å²) in [6.07, 6.45) is 5.77. The number of anilines is 1. The Kier molecular flexibility index (Phi) is 4.15. The van der Waals surface area contributed by atoms with Crippen LogP contribution in [0.2, 0.25) is 0 Å². The van der Waals surface area contributed by atoms with Crippen LogP contribution in [0, 0.1) is 0 Å². The number of ether oxygens (including phenoxy) is 1. The minimum absolute atomic E-state index is 0.484. The van der Waals surface area contributed by atoms with Crippen LogP contribution in [0.1, 0.15) is 25.3 Å². The fourth-order valence-electron chi connectivity index (χ4n) is 2.47. The lowest BCUT2D eigenvalue weighted by Gasteiger charge is -2.27. The molecule has 0 saturated carbocycles. The summed E-state index contributed by atoms with van der Waals surface area (Å²) in [5, 5.41) is 0.